The minimum Gasteiger partial charge on any atom is -0.497 e. The lowest BCUT2D eigenvalue weighted by Gasteiger charge is -2.22. The predicted molar refractivity (Wildman–Crippen MR) is 68.2 cm³/mol. The van der Waals surface area contributed by atoms with Crippen LogP contribution in [0.4, 0.5) is 5.69 Å². The average Bonchev–Trinajstić information content (AvgIpc) is 2.78. The van der Waals surface area contributed by atoms with E-state index in [1.54, 1.807) is 7.11 Å². The Hall–Kier alpha value is -1.51. The van der Waals surface area contributed by atoms with E-state index in [2.05, 4.69) is 12.2 Å². The Kier molecular flexibility index (Phi) is 3.36. The van der Waals surface area contributed by atoms with Crippen LogP contribution < -0.4 is 10.1 Å². The number of anilines is 1. The van der Waals surface area contributed by atoms with E-state index in [0.29, 0.717) is 0 Å². The molecule has 0 saturated heterocycles. The van der Waals surface area contributed by atoms with Crippen molar-refractivity contribution in [3.8, 4) is 5.75 Å². The molecule has 0 bridgehead atoms. The molecular formula is C14H19NO2. The standard InChI is InChI=1S/C14H19NO2/c1-14(9-3-4-10-14)13(16)15-11-5-7-12(17-2)8-6-11/h5-8H,3-4,9-10H2,1-2H3,(H,15,16). The Morgan fingerprint density at radius 1 is 1.24 bits per heavy atom. The van der Waals surface area contributed by atoms with Crippen LogP contribution >= 0.6 is 0 Å². The lowest BCUT2D eigenvalue weighted by atomic mass is 9.88. The van der Waals surface area contributed by atoms with Crippen molar-refractivity contribution >= 4 is 11.6 Å². The monoisotopic (exact) mass is 233 g/mol. The number of carbonyl (C=O) groups excluding carboxylic acids is 1. The van der Waals surface area contributed by atoms with Gasteiger partial charge in [0.1, 0.15) is 5.75 Å². The maximum absolute atomic E-state index is 12.1. The summed E-state index contributed by atoms with van der Waals surface area (Å²) in [5.41, 5.74) is 0.656. The largest absolute Gasteiger partial charge is 0.497 e. The number of benzene rings is 1. The Morgan fingerprint density at radius 2 is 1.82 bits per heavy atom. The molecule has 3 heteroatoms. The third-order valence-electron chi connectivity index (χ3n) is 3.60. The van der Waals surface area contributed by atoms with Gasteiger partial charge in [-0.1, -0.05) is 19.8 Å². The number of nitrogens with one attached hydrogen (secondary N) is 1. The van der Waals surface area contributed by atoms with Crippen molar-refractivity contribution in [2.45, 2.75) is 32.6 Å². The maximum atomic E-state index is 12.1. The number of hydrogen-bond donors (Lipinski definition) is 1. The van der Waals surface area contributed by atoms with Gasteiger partial charge in [-0.2, -0.15) is 0 Å². The van der Waals surface area contributed by atoms with Crippen LogP contribution in [0.3, 0.4) is 0 Å². The first-order chi connectivity index (χ1) is 8.14. The Bertz CT molecular complexity index is 391. The normalized spacial score (nSPS) is 17.8. The Labute approximate surface area is 102 Å². The zero-order valence-corrected chi connectivity index (χ0v) is 10.5. The first kappa shape index (κ1) is 12.0. The van der Waals surface area contributed by atoms with Crippen molar-refractivity contribution in [1.29, 1.82) is 0 Å². The van der Waals surface area contributed by atoms with Crippen molar-refractivity contribution < 1.29 is 9.53 Å². The van der Waals surface area contributed by atoms with Crippen LogP contribution in [-0.2, 0) is 4.79 Å². The average molecular weight is 233 g/mol. The minimum atomic E-state index is -0.181. The summed E-state index contributed by atoms with van der Waals surface area (Å²) >= 11 is 0. The molecule has 0 atom stereocenters. The number of methoxy groups -OCH3 is 1. The highest BCUT2D eigenvalue weighted by molar-refractivity contribution is 5.95. The molecule has 0 spiro atoms. The van der Waals surface area contributed by atoms with Crippen LogP contribution in [0.2, 0.25) is 0 Å². The van der Waals surface area contributed by atoms with E-state index in [1.807, 2.05) is 24.3 Å². The van der Waals surface area contributed by atoms with Crippen LogP contribution in [0.15, 0.2) is 24.3 Å². The van der Waals surface area contributed by atoms with Crippen LogP contribution in [0.5, 0.6) is 5.75 Å². The minimum absolute atomic E-state index is 0.139. The molecule has 3 nitrogen and oxygen atoms in total. The highest BCUT2D eigenvalue weighted by Gasteiger charge is 2.36. The second-order valence-electron chi connectivity index (χ2n) is 4.95. The molecular weight excluding hydrogens is 214 g/mol. The van der Waals surface area contributed by atoms with Crippen LogP contribution in [0, 0.1) is 5.41 Å². The molecule has 1 aromatic rings. The zero-order valence-electron chi connectivity index (χ0n) is 10.5. The van der Waals surface area contributed by atoms with Crippen molar-refractivity contribution in [3.05, 3.63) is 24.3 Å². The summed E-state index contributed by atoms with van der Waals surface area (Å²) in [6.45, 7) is 2.05. The lowest BCUT2D eigenvalue weighted by molar-refractivity contribution is -0.124. The number of ether oxygens (including phenoxy) is 1. The van der Waals surface area contributed by atoms with Crippen LogP contribution in [-0.4, -0.2) is 13.0 Å². The maximum Gasteiger partial charge on any atom is 0.230 e. The smallest absolute Gasteiger partial charge is 0.230 e. The number of hydrogen-bond acceptors (Lipinski definition) is 2. The summed E-state index contributed by atoms with van der Waals surface area (Å²) < 4.78 is 5.08. The fourth-order valence-electron chi connectivity index (χ4n) is 2.34. The van der Waals surface area contributed by atoms with Crippen molar-refractivity contribution in [3.63, 3.8) is 0 Å². The lowest BCUT2D eigenvalue weighted by Crippen LogP contribution is -2.30. The molecule has 0 aliphatic heterocycles. The summed E-state index contributed by atoms with van der Waals surface area (Å²) in [4.78, 5) is 12.1. The summed E-state index contributed by atoms with van der Waals surface area (Å²) in [7, 11) is 1.63. The molecule has 17 heavy (non-hydrogen) atoms. The number of rotatable bonds is 3. The van der Waals surface area contributed by atoms with Gasteiger partial charge in [0, 0.05) is 11.1 Å². The Morgan fingerprint density at radius 3 is 2.35 bits per heavy atom. The highest BCUT2D eigenvalue weighted by Crippen LogP contribution is 2.38. The molecule has 92 valence electrons. The van der Waals surface area contributed by atoms with E-state index in [0.717, 1.165) is 37.1 Å². The summed E-state index contributed by atoms with van der Waals surface area (Å²) in [5, 5.41) is 2.98. The van der Waals surface area contributed by atoms with Crippen molar-refractivity contribution in [1.82, 2.24) is 0 Å². The van der Waals surface area contributed by atoms with Gasteiger partial charge < -0.3 is 10.1 Å². The number of amides is 1. The van der Waals surface area contributed by atoms with Gasteiger partial charge in [0.05, 0.1) is 7.11 Å². The number of carbonyl (C=O) groups is 1. The van der Waals surface area contributed by atoms with Gasteiger partial charge in [0.2, 0.25) is 5.91 Å². The third kappa shape index (κ3) is 2.60. The fourth-order valence-corrected chi connectivity index (χ4v) is 2.34. The molecule has 1 aliphatic rings. The van der Waals surface area contributed by atoms with Gasteiger partial charge in [0.25, 0.3) is 0 Å². The van der Waals surface area contributed by atoms with E-state index in [4.69, 9.17) is 4.74 Å². The second kappa shape index (κ2) is 4.78. The molecule has 1 amide bonds. The molecule has 1 aromatic carbocycles. The summed E-state index contributed by atoms with van der Waals surface area (Å²) in [5.74, 6) is 0.940. The predicted octanol–water partition coefficient (Wildman–Crippen LogP) is 3.21. The van der Waals surface area contributed by atoms with Gasteiger partial charge >= 0.3 is 0 Å². The zero-order chi connectivity index (χ0) is 12.3. The topological polar surface area (TPSA) is 38.3 Å². The third-order valence-corrected chi connectivity index (χ3v) is 3.60. The van der Waals surface area contributed by atoms with Gasteiger partial charge in [0.15, 0.2) is 0 Å². The second-order valence-corrected chi connectivity index (χ2v) is 4.95. The molecule has 1 aliphatic carbocycles. The van der Waals surface area contributed by atoms with Crippen LogP contribution in [0.25, 0.3) is 0 Å². The molecule has 0 unspecified atom stereocenters. The fraction of sp³-hybridized carbons (Fsp3) is 0.500. The first-order valence-corrected chi connectivity index (χ1v) is 6.09. The molecule has 0 heterocycles. The van der Waals surface area contributed by atoms with E-state index >= 15 is 0 Å². The van der Waals surface area contributed by atoms with Gasteiger partial charge in [-0.25, -0.2) is 0 Å². The van der Waals surface area contributed by atoms with E-state index in [-0.39, 0.29) is 11.3 Å². The molecule has 0 aromatic heterocycles. The molecule has 1 saturated carbocycles. The van der Waals surface area contributed by atoms with Gasteiger partial charge in [-0.05, 0) is 37.1 Å². The molecule has 1 N–H and O–H groups in total. The highest BCUT2D eigenvalue weighted by atomic mass is 16.5. The SMILES string of the molecule is COc1ccc(NC(=O)C2(C)CCCC2)cc1. The van der Waals surface area contributed by atoms with E-state index < -0.39 is 0 Å². The quantitative estimate of drug-likeness (QED) is 0.870. The van der Waals surface area contributed by atoms with Crippen molar-refractivity contribution in [2.24, 2.45) is 5.41 Å². The van der Waals surface area contributed by atoms with Crippen molar-refractivity contribution in [2.75, 3.05) is 12.4 Å². The first-order valence-electron chi connectivity index (χ1n) is 6.09. The Balaban J connectivity index is 2.02. The van der Waals surface area contributed by atoms with Gasteiger partial charge in [-0.3, -0.25) is 4.79 Å². The molecule has 1 fully saturated rings. The molecule has 0 radical (unpaired) electrons. The van der Waals surface area contributed by atoms with E-state index in [9.17, 15) is 4.79 Å². The van der Waals surface area contributed by atoms with Crippen LogP contribution in [0.1, 0.15) is 32.6 Å². The molecule has 2 rings (SSSR count). The summed E-state index contributed by atoms with van der Waals surface area (Å²) in [6.07, 6.45) is 4.31. The van der Waals surface area contributed by atoms with Gasteiger partial charge in [-0.15, -0.1) is 0 Å². The van der Waals surface area contributed by atoms with E-state index in [1.165, 1.54) is 0 Å². The summed E-state index contributed by atoms with van der Waals surface area (Å²) in [6, 6.07) is 7.45.